The van der Waals surface area contributed by atoms with E-state index in [9.17, 15) is 18.0 Å². The molecule has 0 N–H and O–H groups in total. The lowest BCUT2D eigenvalue weighted by molar-refractivity contribution is -0.138. The van der Waals surface area contributed by atoms with Gasteiger partial charge in [0.05, 0.1) is 0 Å². The van der Waals surface area contributed by atoms with E-state index in [0.717, 1.165) is 12.1 Å². The van der Waals surface area contributed by atoms with Gasteiger partial charge in [0, 0.05) is 24.1 Å². The van der Waals surface area contributed by atoms with Gasteiger partial charge < -0.3 is 14.0 Å². The molecule has 0 radical (unpaired) electrons. The van der Waals surface area contributed by atoms with E-state index in [2.05, 4.69) is 9.89 Å². The Morgan fingerprint density at radius 3 is 2.54 bits per heavy atom. The second-order valence-electron chi connectivity index (χ2n) is 4.85. The molecule has 1 aromatic heterocycles. The Balaban J connectivity index is 1.98. The molecule has 0 unspecified atom stereocenters. The van der Waals surface area contributed by atoms with Gasteiger partial charge in [0.25, 0.3) is 0 Å². The van der Waals surface area contributed by atoms with Crippen LogP contribution in [0.1, 0.15) is 0 Å². The molecule has 0 aliphatic rings. The fourth-order valence-electron chi connectivity index (χ4n) is 2.16. The van der Waals surface area contributed by atoms with Gasteiger partial charge in [0.15, 0.2) is 23.0 Å². The smallest absolute Gasteiger partial charge is 0.337 e. The minimum absolute atomic E-state index is 0.0225. The molecule has 0 aliphatic heterocycles. The van der Waals surface area contributed by atoms with Crippen LogP contribution in [0.5, 0.6) is 5.75 Å². The van der Waals surface area contributed by atoms with E-state index in [1.165, 1.54) is 25.3 Å². The van der Waals surface area contributed by atoms with Crippen LogP contribution in [-0.4, -0.2) is 24.8 Å². The first-order valence-electron chi connectivity index (χ1n) is 6.73. The third-order valence-corrected chi connectivity index (χ3v) is 3.19. The third-order valence-electron chi connectivity index (χ3n) is 3.19. The number of fused-ring (bicyclic) bond motifs is 1. The summed E-state index contributed by atoms with van der Waals surface area (Å²) >= 11 is 0. The zero-order valence-corrected chi connectivity index (χ0v) is 12.3. The molecule has 1 heterocycles. The van der Waals surface area contributed by atoms with Crippen LogP contribution in [0.25, 0.3) is 22.2 Å². The summed E-state index contributed by atoms with van der Waals surface area (Å²) in [7, 11) is 1.36. The Morgan fingerprint density at radius 2 is 1.88 bits per heavy atom. The monoisotopic (exact) mass is 337 g/mol. The average molecular weight is 337 g/mol. The van der Waals surface area contributed by atoms with E-state index in [1.54, 1.807) is 0 Å². The maximum absolute atomic E-state index is 13.4. The number of ether oxygens (including phenoxy) is 2. The number of hydrogen-bond acceptors (Lipinski definition) is 5. The Hall–Kier alpha value is -2.87. The van der Waals surface area contributed by atoms with Crippen molar-refractivity contribution < 1.29 is 32.0 Å². The standard InChI is InChI=1S/C16H10F3NO4/c1-22-7-14(21)23-9-2-3-10-13(6-9)24-20-16(10)8-4-11(17)15(19)12(18)5-8/h2-6H,7H2,1H3. The maximum atomic E-state index is 13.4. The van der Waals surface area contributed by atoms with Crippen LogP contribution in [0.3, 0.4) is 0 Å². The largest absolute Gasteiger partial charge is 0.425 e. The highest BCUT2D eigenvalue weighted by Gasteiger charge is 2.17. The minimum atomic E-state index is -1.56. The van der Waals surface area contributed by atoms with Crippen molar-refractivity contribution in [3.63, 3.8) is 0 Å². The van der Waals surface area contributed by atoms with Crippen LogP contribution in [0.4, 0.5) is 13.2 Å². The van der Waals surface area contributed by atoms with Gasteiger partial charge in [-0.1, -0.05) is 5.16 Å². The zero-order valence-electron chi connectivity index (χ0n) is 12.3. The van der Waals surface area contributed by atoms with Crippen molar-refractivity contribution in [2.45, 2.75) is 0 Å². The first-order chi connectivity index (χ1) is 11.5. The highest BCUT2D eigenvalue weighted by molar-refractivity contribution is 5.92. The first-order valence-corrected chi connectivity index (χ1v) is 6.73. The summed E-state index contributed by atoms with van der Waals surface area (Å²) in [4.78, 5) is 11.4. The average Bonchev–Trinajstić information content (AvgIpc) is 2.95. The number of benzene rings is 2. The van der Waals surface area contributed by atoms with Crippen LogP contribution in [0.15, 0.2) is 34.9 Å². The van der Waals surface area contributed by atoms with Crippen molar-refractivity contribution >= 4 is 16.9 Å². The fraction of sp³-hybridized carbons (Fsp3) is 0.125. The summed E-state index contributed by atoms with van der Waals surface area (Å²) in [5.41, 5.74) is 0.393. The predicted molar refractivity (Wildman–Crippen MR) is 76.8 cm³/mol. The number of halogens is 3. The summed E-state index contributed by atoms with van der Waals surface area (Å²) in [6.07, 6.45) is 0. The van der Waals surface area contributed by atoms with Crippen molar-refractivity contribution in [2.24, 2.45) is 0 Å². The third kappa shape index (κ3) is 2.95. The molecule has 0 amide bonds. The van der Waals surface area contributed by atoms with Crippen molar-refractivity contribution in [3.05, 3.63) is 47.8 Å². The SMILES string of the molecule is COCC(=O)Oc1ccc2c(-c3cc(F)c(F)c(F)c3)noc2c1. The topological polar surface area (TPSA) is 61.6 Å². The van der Waals surface area contributed by atoms with Crippen molar-refractivity contribution in [3.8, 4) is 17.0 Å². The molecule has 0 bridgehead atoms. The summed E-state index contributed by atoms with van der Waals surface area (Å²) in [5.74, 6) is -4.61. The molecule has 8 heteroatoms. The van der Waals surface area contributed by atoms with Gasteiger partial charge in [-0.25, -0.2) is 18.0 Å². The lowest BCUT2D eigenvalue weighted by Crippen LogP contribution is -2.13. The number of aromatic nitrogens is 1. The molecular formula is C16H10F3NO4. The molecule has 0 saturated heterocycles. The van der Waals surface area contributed by atoms with E-state index < -0.39 is 23.4 Å². The van der Waals surface area contributed by atoms with Crippen LogP contribution in [-0.2, 0) is 9.53 Å². The Morgan fingerprint density at radius 1 is 1.17 bits per heavy atom. The van der Waals surface area contributed by atoms with Gasteiger partial charge in [0.1, 0.15) is 18.1 Å². The molecule has 0 fully saturated rings. The highest BCUT2D eigenvalue weighted by Crippen LogP contribution is 2.31. The fourth-order valence-corrected chi connectivity index (χ4v) is 2.16. The van der Waals surface area contributed by atoms with E-state index in [-0.39, 0.29) is 29.2 Å². The van der Waals surface area contributed by atoms with Gasteiger partial charge in [-0.3, -0.25) is 0 Å². The molecule has 3 aromatic rings. The van der Waals surface area contributed by atoms with Crippen molar-refractivity contribution in [2.75, 3.05) is 13.7 Å². The second-order valence-corrected chi connectivity index (χ2v) is 4.85. The van der Waals surface area contributed by atoms with Crippen LogP contribution < -0.4 is 4.74 Å². The normalized spacial score (nSPS) is 11.0. The van der Waals surface area contributed by atoms with Crippen LogP contribution >= 0.6 is 0 Å². The van der Waals surface area contributed by atoms with Gasteiger partial charge in [-0.2, -0.15) is 0 Å². The number of carbonyl (C=O) groups is 1. The number of methoxy groups -OCH3 is 1. The van der Waals surface area contributed by atoms with E-state index in [0.29, 0.717) is 5.39 Å². The van der Waals surface area contributed by atoms with Crippen LogP contribution in [0, 0.1) is 17.5 Å². The second kappa shape index (κ2) is 6.32. The number of hydrogen-bond donors (Lipinski definition) is 0. The van der Waals surface area contributed by atoms with Crippen LogP contribution in [0.2, 0.25) is 0 Å². The molecule has 124 valence electrons. The highest BCUT2D eigenvalue weighted by atomic mass is 19.2. The molecule has 5 nitrogen and oxygen atoms in total. The molecule has 0 aliphatic carbocycles. The molecule has 0 spiro atoms. The number of rotatable bonds is 4. The van der Waals surface area contributed by atoms with Gasteiger partial charge in [-0.05, 0) is 24.3 Å². The summed E-state index contributed by atoms with van der Waals surface area (Å²) < 4.78 is 54.5. The number of nitrogens with zero attached hydrogens (tertiary/aromatic N) is 1. The molecule has 24 heavy (non-hydrogen) atoms. The first kappa shape index (κ1) is 16.0. The quantitative estimate of drug-likeness (QED) is 0.414. The lowest BCUT2D eigenvalue weighted by Gasteiger charge is -2.03. The Bertz CT molecular complexity index is 900. The molecule has 3 rings (SSSR count). The maximum Gasteiger partial charge on any atom is 0.337 e. The predicted octanol–water partition coefficient (Wildman–Crippen LogP) is 3.46. The molecule has 0 atom stereocenters. The van der Waals surface area contributed by atoms with E-state index in [1.807, 2.05) is 0 Å². The summed E-state index contributed by atoms with van der Waals surface area (Å²) in [6.45, 7) is -0.214. The summed E-state index contributed by atoms with van der Waals surface area (Å²) in [5, 5.41) is 4.16. The number of carbonyl (C=O) groups excluding carboxylic acids is 1. The van der Waals surface area contributed by atoms with Gasteiger partial charge >= 0.3 is 5.97 Å². The van der Waals surface area contributed by atoms with E-state index in [4.69, 9.17) is 9.26 Å². The zero-order chi connectivity index (χ0) is 17.3. The van der Waals surface area contributed by atoms with Crippen molar-refractivity contribution in [1.82, 2.24) is 5.16 Å². The molecule has 2 aromatic carbocycles. The summed E-state index contributed by atoms with van der Waals surface area (Å²) in [6, 6.07) is 6.02. The van der Waals surface area contributed by atoms with Gasteiger partial charge in [0.2, 0.25) is 0 Å². The Kier molecular flexibility index (Phi) is 4.22. The van der Waals surface area contributed by atoms with Crippen molar-refractivity contribution in [1.29, 1.82) is 0 Å². The minimum Gasteiger partial charge on any atom is -0.425 e. The van der Waals surface area contributed by atoms with E-state index >= 15 is 0 Å². The molecular weight excluding hydrogens is 327 g/mol. The lowest BCUT2D eigenvalue weighted by atomic mass is 10.1. The Labute approximate surface area is 133 Å². The molecule has 0 saturated carbocycles. The number of esters is 1. The van der Waals surface area contributed by atoms with Gasteiger partial charge in [-0.15, -0.1) is 0 Å².